The van der Waals surface area contributed by atoms with Crippen LogP contribution < -0.4 is 20.7 Å². The van der Waals surface area contributed by atoms with Gasteiger partial charge in [-0.05, 0) is 121 Å². The Kier molecular flexibility index (Phi) is 8.57. The van der Waals surface area contributed by atoms with E-state index in [1.54, 1.807) is 0 Å². The van der Waals surface area contributed by atoms with Crippen LogP contribution in [0, 0.1) is 11.3 Å². The van der Waals surface area contributed by atoms with Crippen molar-refractivity contribution in [1.82, 2.24) is 0 Å². The Morgan fingerprint density at radius 2 is 1.17 bits per heavy atom. The first-order valence-corrected chi connectivity index (χ1v) is 22.0. The van der Waals surface area contributed by atoms with Crippen LogP contribution >= 0.6 is 0 Å². The summed E-state index contributed by atoms with van der Waals surface area (Å²) in [5.41, 5.74) is 20.9. The summed E-state index contributed by atoms with van der Waals surface area (Å²) in [6.45, 7) is 33.4. The fourth-order valence-corrected chi connectivity index (χ4v) is 10.7. The topological polar surface area (TPSA) is 6.48 Å². The number of allylic oxidation sites excluding steroid dienone is 8. The lowest BCUT2D eigenvalue weighted by atomic mass is 9.32. The molecule has 0 radical (unpaired) electrons. The van der Waals surface area contributed by atoms with Gasteiger partial charge in [-0.3, -0.25) is 0 Å². The van der Waals surface area contributed by atoms with Crippen LogP contribution in [0.25, 0.3) is 0 Å². The molecular formula is C55H65BN2. The molecule has 58 heavy (non-hydrogen) atoms. The van der Waals surface area contributed by atoms with Gasteiger partial charge in [-0.25, -0.2) is 0 Å². The van der Waals surface area contributed by atoms with Crippen molar-refractivity contribution in [2.75, 3.05) is 9.80 Å². The largest absolute Gasteiger partial charge is 0.314 e. The minimum absolute atomic E-state index is 0.00588. The molecule has 298 valence electrons. The Labute approximate surface area is 350 Å². The number of hydrogen-bond acceptors (Lipinski definition) is 2. The Bertz CT molecular complexity index is 2470. The van der Waals surface area contributed by atoms with Crippen molar-refractivity contribution in [3.63, 3.8) is 0 Å². The van der Waals surface area contributed by atoms with Crippen LogP contribution in [0.15, 0.2) is 120 Å². The second-order valence-corrected chi connectivity index (χ2v) is 22.7. The molecular weight excluding hydrogens is 699 g/mol. The summed E-state index contributed by atoms with van der Waals surface area (Å²) in [5.74, 6) is 0.645. The molecule has 0 fully saturated rings. The highest BCUT2D eigenvalue weighted by molar-refractivity contribution is 6.95. The maximum atomic E-state index is 2.74. The zero-order valence-corrected chi connectivity index (χ0v) is 37.9. The van der Waals surface area contributed by atoms with Crippen LogP contribution in [-0.2, 0) is 21.7 Å². The van der Waals surface area contributed by atoms with E-state index < -0.39 is 0 Å². The molecule has 3 heterocycles. The number of fused-ring (bicyclic) bond motifs is 7. The molecule has 2 unspecified atom stereocenters. The van der Waals surface area contributed by atoms with Gasteiger partial charge >= 0.3 is 0 Å². The van der Waals surface area contributed by atoms with Gasteiger partial charge < -0.3 is 9.80 Å². The summed E-state index contributed by atoms with van der Waals surface area (Å²) in [6.07, 6.45) is 14.3. The average Bonchev–Trinajstić information content (AvgIpc) is 3.50. The van der Waals surface area contributed by atoms with E-state index in [1.807, 2.05) is 0 Å². The van der Waals surface area contributed by atoms with Crippen LogP contribution in [0.4, 0.5) is 28.4 Å². The third kappa shape index (κ3) is 5.96. The normalized spacial score (nSPS) is 19.9. The van der Waals surface area contributed by atoms with E-state index in [4.69, 9.17) is 0 Å². The maximum Gasteiger partial charge on any atom is 0.251 e. The Balaban J connectivity index is 1.40. The first-order valence-electron chi connectivity index (χ1n) is 22.0. The number of nitrogens with zero attached hydrogens (tertiary/aromatic N) is 2. The molecule has 0 N–H and O–H groups in total. The summed E-state index contributed by atoms with van der Waals surface area (Å²) in [4.78, 5) is 5.37. The summed E-state index contributed by atoms with van der Waals surface area (Å²) < 4.78 is 0. The molecule has 0 saturated carbocycles. The van der Waals surface area contributed by atoms with E-state index in [-0.39, 0.29) is 39.7 Å². The van der Waals surface area contributed by atoms with Crippen molar-refractivity contribution in [3.8, 4) is 0 Å². The van der Waals surface area contributed by atoms with Crippen LogP contribution in [0.3, 0.4) is 0 Å². The van der Waals surface area contributed by atoms with E-state index in [1.165, 1.54) is 83.9 Å². The smallest absolute Gasteiger partial charge is 0.251 e. The molecule has 2 nitrogen and oxygen atoms in total. The zero-order chi connectivity index (χ0) is 41.5. The average molecular weight is 765 g/mol. The van der Waals surface area contributed by atoms with Gasteiger partial charge in [0.2, 0.25) is 0 Å². The highest BCUT2D eigenvalue weighted by atomic mass is 15.2. The third-order valence-corrected chi connectivity index (χ3v) is 14.3. The van der Waals surface area contributed by atoms with E-state index in [9.17, 15) is 0 Å². The Hall–Kier alpha value is -4.50. The molecule has 5 aliphatic rings. The first kappa shape index (κ1) is 39.0. The van der Waals surface area contributed by atoms with E-state index in [2.05, 4.69) is 210 Å². The molecule has 4 aromatic carbocycles. The molecule has 2 atom stereocenters. The van der Waals surface area contributed by atoms with Crippen LogP contribution in [0.2, 0.25) is 0 Å². The van der Waals surface area contributed by atoms with Gasteiger partial charge in [0, 0.05) is 45.5 Å². The second-order valence-electron chi connectivity index (χ2n) is 22.7. The number of hydrogen-bond donors (Lipinski definition) is 0. The van der Waals surface area contributed by atoms with Crippen LogP contribution in [-0.4, -0.2) is 6.71 Å². The molecule has 0 saturated heterocycles. The summed E-state index contributed by atoms with van der Waals surface area (Å²) in [5, 5.41) is 0. The quantitative estimate of drug-likeness (QED) is 0.192. The Morgan fingerprint density at radius 3 is 1.78 bits per heavy atom. The fourth-order valence-electron chi connectivity index (χ4n) is 10.7. The summed E-state index contributed by atoms with van der Waals surface area (Å²) in [6, 6.07) is 29.6. The molecule has 9 rings (SSSR count). The standard InChI is InChI=1S/C55H65BN2/c1-51(2,3)34-20-24-39(25-21-34)57-45-31-37(53(7,8)9)22-27-42(45)56-43-28-26-41(54(10,11)12)48-40-30-36(52(4,5)6)23-29-44(40)58(50(43)48)47-33-38(32-46(57)49(47)56)55(13,14)35-18-16-15-17-19-35/h15-16,18,20-33,41,48H,17,19H2,1-14H3. The highest BCUT2D eigenvalue weighted by Crippen LogP contribution is 2.61. The third-order valence-electron chi connectivity index (χ3n) is 14.3. The van der Waals surface area contributed by atoms with Crippen LogP contribution in [0.1, 0.15) is 144 Å². The molecule has 0 spiro atoms. The predicted octanol–water partition coefficient (Wildman–Crippen LogP) is 13.8. The van der Waals surface area contributed by atoms with Crippen molar-refractivity contribution in [1.29, 1.82) is 0 Å². The van der Waals surface area contributed by atoms with Gasteiger partial charge in [0.15, 0.2) is 0 Å². The van der Waals surface area contributed by atoms with Gasteiger partial charge in [0.05, 0.1) is 0 Å². The zero-order valence-electron chi connectivity index (χ0n) is 37.9. The lowest BCUT2D eigenvalue weighted by Gasteiger charge is -2.47. The van der Waals surface area contributed by atoms with E-state index in [0.29, 0.717) is 5.92 Å². The number of rotatable bonds is 3. The summed E-state index contributed by atoms with van der Waals surface area (Å²) in [7, 11) is 0. The highest BCUT2D eigenvalue weighted by Gasteiger charge is 2.53. The van der Waals surface area contributed by atoms with Crippen molar-refractivity contribution in [2.24, 2.45) is 11.3 Å². The maximum absolute atomic E-state index is 2.74. The molecule has 0 amide bonds. The van der Waals surface area contributed by atoms with Gasteiger partial charge in [0.25, 0.3) is 6.71 Å². The van der Waals surface area contributed by atoms with E-state index in [0.717, 1.165) is 12.8 Å². The monoisotopic (exact) mass is 765 g/mol. The lowest BCUT2D eigenvalue weighted by Crippen LogP contribution is -2.56. The molecule has 2 aliphatic carbocycles. The number of anilines is 5. The SMILES string of the molecule is CC(C)(C)c1ccc(N2c3cc(C(C)(C)C)ccc3B3C4=C5C(c6cc(C(C)(C)C)ccc6N5c5cc(C(C)(C)C6=CC=CCC6)cc2c53)C(C(C)(C)C)C=C4)cc1. The molecule has 3 aliphatic heterocycles. The van der Waals surface area contributed by atoms with E-state index >= 15 is 0 Å². The van der Waals surface area contributed by atoms with Gasteiger partial charge in [0.1, 0.15) is 0 Å². The second kappa shape index (κ2) is 12.8. The minimum atomic E-state index is -0.159. The molecule has 0 bridgehead atoms. The van der Waals surface area contributed by atoms with Gasteiger partial charge in [-0.15, -0.1) is 0 Å². The van der Waals surface area contributed by atoms with Crippen molar-refractivity contribution in [2.45, 2.75) is 137 Å². The first-order chi connectivity index (χ1) is 27.1. The lowest BCUT2D eigenvalue weighted by molar-refractivity contribution is 0.266. The van der Waals surface area contributed by atoms with Crippen LogP contribution in [0.5, 0.6) is 0 Å². The fraction of sp³-hybridized carbons (Fsp3) is 0.418. The van der Waals surface area contributed by atoms with Crippen molar-refractivity contribution < 1.29 is 0 Å². The molecule has 3 heteroatoms. The van der Waals surface area contributed by atoms with Gasteiger partial charge in [-0.1, -0.05) is 169 Å². The summed E-state index contributed by atoms with van der Waals surface area (Å²) >= 11 is 0. The number of benzene rings is 4. The van der Waals surface area contributed by atoms with Crippen molar-refractivity contribution in [3.05, 3.63) is 148 Å². The molecule has 0 aromatic heterocycles. The Morgan fingerprint density at radius 1 is 0.586 bits per heavy atom. The predicted molar refractivity (Wildman–Crippen MR) is 252 cm³/mol. The molecule has 4 aromatic rings. The minimum Gasteiger partial charge on any atom is -0.314 e. The van der Waals surface area contributed by atoms with Crippen molar-refractivity contribution >= 4 is 46.1 Å². The van der Waals surface area contributed by atoms with Gasteiger partial charge in [-0.2, -0.15) is 0 Å².